The van der Waals surface area contributed by atoms with Gasteiger partial charge in [0.1, 0.15) is 5.69 Å². The van der Waals surface area contributed by atoms with Crippen molar-refractivity contribution in [3.63, 3.8) is 0 Å². The van der Waals surface area contributed by atoms with Gasteiger partial charge in [-0.1, -0.05) is 0 Å². The van der Waals surface area contributed by atoms with Crippen LogP contribution in [0.5, 0.6) is 0 Å². The first-order valence-electron chi connectivity index (χ1n) is 7.00. The highest BCUT2D eigenvalue weighted by Gasteiger charge is 2.35. The van der Waals surface area contributed by atoms with Crippen LogP contribution in [0.4, 0.5) is 13.2 Å². The molecule has 1 atom stereocenters. The van der Waals surface area contributed by atoms with Crippen LogP contribution in [0.1, 0.15) is 28.9 Å². The van der Waals surface area contributed by atoms with E-state index in [0.29, 0.717) is 12.1 Å². The van der Waals surface area contributed by atoms with Gasteiger partial charge in [-0.15, -0.1) is 0 Å². The summed E-state index contributed by atoms with van der Waals surface area (Å²) in [7, 11) is 0. The van der Waals surface area contributed by atoms with E-state index in [1.807, 2.05) is 0 Å². The van der Waals surface area contributed by atoms with Crippen molar-refractivity contribution in [2.24, 2.45) is 5.92 Å². The van der Waals surface area contributed by atoms with Crippen LogP contribution < -0.4 is 5.32 Å². The van der Waals surface area contributed by atoms with Gasteiger partial charge in [-0.3, -0.25) is 9.78 Å². The third kappa shape index (κ3) is 3.02. The van der Waals surface area contributed by atoms with E-state index in [9.17, 15) is 18.0 Å². The average molecular weight is 299 g/mol. The fourth-order valence-corrected chi connectivity index (χ4v) is 3.07. The molecule has 21 heavy (non-hydrogen) atoms. The Morgan fingerprint density at radius 2 is 2.00 bits per heavy atom. The van der Waals surface area contributed by atoms with E-state index < -0.39 is 17.6 Å². The van der Waals surface area contributed by atoms with Gasteiger partial charge >= 0.3 is 6.18 Å². The fraction of sp³-hybridized carbons (Fsp3) is 0.571. The van der Waals surface area contributed by atoms with Gasteiger partial charge in [0.2, 0.25) is 0 Å². The number of alkyl halides is 3. The van der Waals surface area contributed by atoms with Gasteiger partial charge in [0.05, 0.1) is 5.56 Å². The molecule has 0 radical (unpaired) electrons. The van der Waals surface area contributed by atoms with Crippen LogP contribution >= 0.6 is 0 Å². The van der Waals surface area contributed by atoms with E-state index in [4.69, 9.17) is 0 Å². The molecule has 0 aliphatic carbocycles. The topological polar surface area (TPSA) is 45.2 Å². The molecule has 0 spiro atoms. The molecule has 114 valence electrons. The van der Waals surface area contributed by atoms with E-state index in [1.165, 1.54) is 0 Å². The molecule has 0 saturated carbocycles. The normalized spacial score (nSPS) is 28.4. The average Bonchev–Trinajstić information content (AvgIpc) is 2.48. The molecule has 3 aliphatic rings. The van der Waals surface area contributed by atoms with Crippen LogP contribution in [-0.2, 0) is 6.18 Å². The largest absolute Gasteiger partial charge is 0.417 e. The molecule has 0 aromatic carbocycles. The lowest BCUT2D eigenvalue weighted by Crippen LogP contribution is -2.57. The second-order valence-corrected chi connectivity index (χ2v) is 5.65. The minimum absolute atomic E-state index is 0.0273. The van der Waals surface area contributed by atoms with Gasteiger partial charge < -0.3 is 10.2 Å². The van der Waals surface area contributed by atoms with E-state index in [2.05, 4.69) is 15.2 Å². The zero-order chi connectivity index (χ0) is 15.0. The Hall–Kier alpha value is -1.63. The minimum Gasteiger partial charge on any atom is -0.346 e. The van der Waals surface area contributed by atoms with Crippen molar-refractivity contribution in [2.75, 3.05) is 19.6 Å². The van der Waals surface area contributed by atoms with Gasteiger partial charge in [-0.2, -0.15) is 13.2 Å². The Labute approximate surface area is 120 Å². The molecule has 3 fully saturated rings. The number of piperidine rings is 3. The molecule has 3 saturated heterocycles. The highest BCUT2D eigenvalue weighted by molar-refractivity contribution is 5.92. The molecule has 7 heteroatoms. The molecular weight excluding hydrogens is 283 g/mol. The zero-order valence-electron chi connectivity index (χ0n) is 11.4. The monoisotopic (exact) mass is 299 g/mol. The summed E-state index contributed by atoms with van der Waals surface area (Å²) >= 11 is 0. The van der Waals surface area contributed by atoms with Crippen molar-refractivity contribution in [3.05, 3.63) is 29.6 Å². The lowest BCUT2D eigenvalue weighted by Gasteiger charge is -2.44. The quantitative estimate of drug-likeness (QED) is 0.907. The lowest BCUT2D eigenvalue weighted by molar-refractivity contribution is -0.137. The second kappa shape index (κ2) is 5.29. The number of nitrogens with zero attached hydrogens (tertiary/aromatic N) is 2. The molecule has 4 nitrogen and oxygen atoms in total. The van der Waals surface area contributed by atoms with Crippen molar-refractivity contribution >= 4 is 5.91 Å². The SMILES string of the molecule is O=C(N[C@H]1CN2CCC1CC2)c1ccc(C(F)(F)F)cn1. The van der Waals surface area contributed by atoms with Crippen molar-refractivity contribution < 1.29 is 18.0 Å². The van der Waals surface area contributed by atoms with Crippen LogP contribution in [0.3, 0.4) is 0 Å². The summed E-state index contributed by atoms with van der Waals surface area (Å²) in [5, 5.41) is 2.90. The Bertz CT molecular complexity index is 521. The first kappa shape index (κ1) is 14.3. The zero-order valence-corrected chi connectivity index (χ0v) is 11.4. The summed E-state index contributed by atoms with van der Waals surface area (Å²) in [6, 6.07) is 2.09. The summed E-state index contributed by atoms with van der Waals surface area (Å²) in [5.74, 6) is 0.0656. The number of amides is 1. The van der Waals surface area contributed by atoms with E-state index >= 15 is 0 Å². The van der Waals surface area contributed by atoms with Gasteiger partial charge in [0.15, 0.2) is 0 Å². The standard InChI is InChI=1S/C14H16F3N3O/c15-14(16,17)10-1-2-11(18-7-10)13(21)19-12-8-20-5-3-9(12)4-6-20/h1-2,7,9,12H,3-6,8H2,(H,19,21)/t12-/m0/s1. The smallest absolute Gasteiger partial charge is 0.346 e. The summed E-state index contributed by atoms with van der Waals surface area (Å²) in [4.78, 5) is 18.0. The Morgan fingerprint density at radius 3 is 2.48 bits per heavy atom. The van der Waals surface area contributed by atoms with Gasteiger partial charge in [0, 0.05) is 18.8 Å². The summed E-state index contributed by atoms with van der Waals surface area (Å²) in [6.07, 6.45) is -1.61. The number of hydrogen-bond acceptors (Lipinski definition) is 3. The van der Waals surface area contributed by atoms with E-state index in [0.717, 1.165) is 44.6 Å². The first-order valence-corrected chi connectivity index (χ1v) is 7.00. The number of aromatic nitrogens is 1. The van der Waals surface area contributed by atoms with Crippen molar-refractivity contribution in [3.8, 4) is 0 Å². The first-order chi connectivity index (χ1) is 9.93. The molecule has 4 rings (SSSR count). The maximum Gasteiger partial charge on any atom is 0.417 e. The number of carbonyl (C=O) groups is 1. The third-order valence-corrected chi connectivity index (χ3v) is 4.30. The summed E-state index contributed by atoms with van der Waals surface area (Å²) < 4.78 is 37.3. The van der Waals surface area contributed by atoms with Crippen LogP contribution in [0.15, 0.2) is 18.3 Å². The summed E-state index contributed by atoms with van der Waals surface area (Å²) in [6.45, 7) is 2.95. The number of pyridine rings is 1. The Balaban J connectivity index is 1.65. The maximum absolute atomic E-state index is 12.4. The fourth-order valence-electron chi connectivity index (χ4n) is 3.07. The third-order valence-electron chi connectivity index (χ3n) is 4.30. The predicted molar refractivity (Wildman–Crippen MR) is 69.7 cm³/mol. The molecule has 1 amide bonds. The van der Waals surface area contributed by atoms with Crippen LogP contribution in [0.2, 0.25) is 0 Å². The minimum atomic E-state index is -4.43. The number of halogens is 3. The van der Waals surface area contributed by atoms with E-state index in [-0.39, 0.29) is 11.7 Å². The van der Waals surface area contributed by atoms with Crippen molar-refractivity contribution in [2.45, 2.75) is 25.1 Å². The predicted octanol–water partition coefficient (Wildman–Crippen LogP) is 1.92. The molecule has 4 heterocycles. The molecule has 0 unspecified atom stereocenters. The Kier molecular flexibility index (Phi) is 3.61. The molecule has 2 bridgehead atoms. The van der Waals surface area contributed by atoms with Gasteiger partial charge in [-0.05, 0) is 44.0 Å². The van der Waals surface area contributed by atoms with Gasteiger partial charge in [0.25, 0.3) is 5.91 Å². The van der Waals surface area contributed by atoms with Crippen LogP contribution in [0.25, 0.3) is 0 Å². The highest BCUT2D eigenvalue weighted by Crippen LogP contribution is 2.29. The number of rotatable bonds is 2. The molecule has 3 aliphatic heterocycles. The molecule has 1 N–H and O–H groups in total. The number of fused-ring (bicyclic) bond motifs is 3. The highest BCUT2D eigenvalue weighted by atomic mass is 19.4. The Morgan fingerprint density at radius 1 is 1.29 bits per heavy atom. The molecule has 1 aromatic heterocycles. The molecule has 1 aromatic rings. The lowest BCUT2D eigenvalue weighted by atomic mass is 9.84. The number of hydrogen-bond donors (Lipinski definition) is 1. The summed E-state index contributed by atoms with van der Waals surface area (Å²) in [5.41, 5.74) is -0.818. The maximum atomic E-state index is 12.4. The van der Waals surface area contributed by atoms with Crippen molar-refractivity contribution in [1.82, 2.24) is 15.2 Å². The van der Waals surface area contributed by atoms with Gasteiger partial charge in [-0.25, -0.2) is 0 Å². The molecular formula is C14H16F3N3O. The van der Waals surface area contributed by atoms with Crippen LogP contribution in [0, 0.1) is 5.92 Å². The van der Waals surface area contributed by atoms with E-state index in [1.54, 1.807) is 0 Å². The second-order valence-electron chi connectivity index (χ2n) is 5.65. The number of nitrogens with one attached hydrogen (secondary N) is 1. The number of carbonyl (C=O) groups excluding carboxylic acids is 1. The van der Waals surface area contributed by atoms with Crippen LogP contribution in [-0.4, -0.2) is 41.5 Å². The van der Waals surface area contributed by atoms with Crippen molar-refractivity contribution in [1.29, 1.82) is 0 Å².